The van der Waals surface area contributed by atoms with Gasteiger partial charge >= 0.3 is 5.97 Å². The van der Waals surface area contributed by atoms with E-state index < -0.39 is 5.97 Å². The van der Waals surface area contributed by atoms with Crippen molar-refractivity contribution < 1.29 is 9.53 Å². The Hall–Kier alpha value is -2.37. The molecule has 2 aromatic rings. The van der Waals surface area contributed by atoms with E-state index in [1.807, 2.05) is 0 Å². The van der Waals surface area contributed by atoms with E-state index in [0.29, 0.717) is 16.6 Å². The molecule has 0 unspecified atom stereocenters. The zero-order chi connectivity index (χ0) is 11.7. The average molecular weight is 218 g/mol. The molecule has 0 fully saturated rings. The topological polar surface area (TPSA) is 104 Å². The molecule has 0 amide bonds. The van der Waals surface area contributed by atoms with Crippen LogP contribution < -0.4 is 11.5 Å². The van der Waals surface area contributed by atoms with Crippen molar-refractivity contribution in [3.05, 3.63) is 23.8 Å². The first kappa shape index (κ1) is 10.2. The van der Waals surface area contributed by atoms with Crippen LogP contribution in [0.4, 0.5) is 11.6 Å². The Balaban J connectivity index is 2.62. The second-order valence-electron chi connectivity index (χ2n) is 3.19. The van der Waals surface area contributed by atoms with Gasteiger partial charge in [0, 0.05) is 0 Å². The molecule has 6 heteroatoms. The predicted molar refractivity (Wildman–Crippen MR) is 59.7 cm³/mol. The number of hydrogen-bond acceptors (Lipinski definition) is 6. The van der Waals surface area contributed by atoms with Gasteiger partial charge in [0.2, 0.25) is 0 Å². The highest BCUT2D eigenvalue weighted by Crippen LogP contribution is 2.17. The molecule has 1 heterocycles. The van der Waals surface area contributed by atoms with Gasteiger partial charge in [0.05, 0.1) is 23.7 Å². The monoisotopic (exact) mass is 218 g/mol. The molecule has 0 aliphatic rings. The number of ether oxygens (including phenoxy) is 1. The van der Waals surface area contributed by atoms with Gasteiger partial charge in [-0.3, -0.25) is 0 Å². The van der Waals surface area contributed by atoms with Crippen molar-refractivity contribution in [2.24, 2.45) is 0 Å². The molecule has 0 atom stereocenters. The molecule has 2 rings (SSSR count). The summed E-state index contributed by atoms with van der Waals surface area (Å²) >= 11 is 0. The van der Waals surface area contributed by atoms with Crippen LogP contribution in [0.1, 0.15) is 10.4 Å². The molecule has 0 bridgehead atoms. The fourth-order valence-corrected chi connectivity index (χ4v) is 1.33. The maximum absolute atomic E-state index is 11.3. The second kappa shape index (κ2) is 3.65. The Morgan fingerprint density at radius 2 is 1.81 bits per heavy atom. The van der Waals surface area contributed by atoms with Crippen LogP contribution in [0.25, 0.3) is 11.0 Å². The highest BCUT2D eigenvalue weighted by Gasteiger charge is 2.08. The number of aromatic nitrogens is 2. The summed E-state index contributed by atoms with van der Waals surface area (Å²) in [5, 5.41) is 0. The van der Waals surface area contributed by atoms with Crippen molar-refractivity contribution in [1.82, 2.24) is 9.97 Å². The third-order valence-electron chi connectivity index (χ3n) is 2.14. The quantitative estimate of drug-likeness (QED) is 0.678. The normalized spacial score (nSPS) is 10.3. The number of esters is 1. The smallest absolute Gasteiger partial charge is 0.337 e. The van der Waals surface area contributed by atoms with E-state index in [1.165, 1.54) is 7.11 Å². The molecule has 82 valence electrons. The van der Waals surface area contributed by atoms with E-state index in [2.05, 4.69) is 14.7 Å². The van der Waals surface area contributed by atoms with Gasteiger partial charge in [0.1, 0.15) is 0 Å². The number of rotatable bonds is 1. The lowest BCUT2D eigenvalue weighted by Gasteiger charge is -2.03. The number of carbonyl (C=O) groups excluding carboxylic acids is 1. The van der Waals surface area contributed by atoms with E-state index in [0.717, 1.165) is 0 Å². The minimum atomic E-state index is -0.431. The molecular weight excluding hydrogens is 208 g/mol. The molecular formula is C10H10N4O2. The fourth-order valence-electron chi connectivity index (χ4n) is 1.33. The van der Waals surface area contributed by atoms with Gasteiger partial charge in [-0.2, -0.15) is 0 Å². The zero-order valence-electron chi connectivity index (χ0n) is 8.60. The zero-order valence-corrected chi connectivity index (χ0v) is 8.60. The molecule has 1 aromatic heterocycles. The molecule has 0 radical (unpaired) electrons. The van der Waals surface area contributed by atoms with Gasteiger partial charge in [0.25, 0.3) is 0 Å². The third-order valence-corrected chi connectivity index (χ3v) is 2.14. The second-order valence-corrected chi connectivity index (χ2v) is 3.19. The van der Waals surface area contributed by atoms with Crippen molar-refractivity contribution in [2.45, 2.75) is 0 Å². The Kier molecular flexibility index (Phi) is 2.32. The summed E-state index contributed by atoms with van der Waals surface area (Å²) in [6.07, 6.45) is 0. The van der Waals surface area contributed by atoms with Crippen LogP contribution >= 0.6 is 0 Å². The van der Waals surface area contributed by atoms with Crippen molar-refractivity contribution in [2.75, 3.05) is 18.6 Å². The van der Waals surface area contributed by atoms with Crippen molar-refractivity contribution in [3.8, 4) is 0 Å². The summed E-state index contributed by atoms with van der Waals surface area (Å²) in [6, 6.07) is 4.80. The van der Waals surface area contributed by atoms with Gasteiger partial charge in [-0.1, -0.05) is 0 Å². The van der Waals surface area contributed by atoms with Crippen LogP contribution in [0.15, 0.2) is 18.2 Å². The van der Waals surface area contributed by atoms with E-state index >= 15 is 0 Å². The first-order valence-electron chi connectivity index (χ1n) is 4.53. The van der Waals surface area contributed by atoms with Crippen LogP contribution in [0.5, 0.6) is 0 Å². The maximum Gasteiger partial charge on any atom is 0.337 e. The highest BCUT2D eigenvalue weighted by atomic mass is 16.5. The first-order chi connectivity index (χ1) is 7.61. The van der Waals surface area contributed by atoms with Crippen LogP contribution in [-0.2, 0) is 4.74 Å². The van der Waals surface area contributed by atoms with Crippen LogP contribution in [-0.4, -0.2) is 23.0 Å². The Morgan fingerprint density at radius 3 is 2.44 bits per heavy atom. The molecule has 0 spiro atoms. The minimum absolute atomic E-state index is 0.148. The summed E-state index contributed by atoms with van der Waals surface area (Å²) in [5.41, 5.74) is 12.5. The van der Waals surface area contributed by atoms with Gasteiger partial charge in [-0.15, -0.1) is 0 Å². The Labute approximate surface area is 91.2 Å². The lowest BCUT2D eigenvalue weighted by atomic mass is 10.2. The van der Waals surface area contributed by atoms with Crippen LogP contribution in [0, 0.1) is 0 Å². The van der Waals surface area contributed by atoms with Crippen molar-refractivity contribution >= 4 is 28.6 Å². The van der Waals surface area contributed by atoms with E-state index in [-0.39, 0.29) is 11.6 Å². The molecule has 4 N–H and O–H groups in total. The molecule has 1 aromatic carbocycles. The van der Waals surface area contributed by atoms with E-state index in [4.69, 9.17) is 11.5 Å². The van der Waals surface area contributed by atoms with Gasteiger partial charge in [0.15, 0.2) is 11.6 Å². The largest absolute Gasteiger partial charge is 0.465 e. The molecule has 0 saturated carbocycles. The number of hydrogen-bond donors (Lipinski definition) is 2. The molecule has 16 heavy (non-hydrogen) atoms. The van der Waals surface area contributed by atoms with Crippen molar-refractivity contribution in [1.29, 1.82) is 0 Å². The van der Waals surface area contributed by atoms with Crippen molar-refractivity contribution in [3.63, 3.8) is 0 Å². The summed E-state index contributed by atoms with van der Waals surface area (Å²) in [6.45, 7) is 0. The summed E-state index contributed by atoms with van der Waals surface area (Å²) in [7, 11) is 1.32. The Bertz CT molecular complexity index is 568. The SMILES string of the molecule is COC(=O)c1ccc2nc(N)c(N)nc2c1. The molecule has 0 aliphatic heterocycles. The first-order valence-corrected chi connectivity index (χ1v) is 4.53. The van der Waals surface area contributed by atoms with Crippen LogP contribution in [0.2, 0.25) is 0 Å². The number of methoxy groups -OCH3 is 1. The lowest BCUT2D eigenvalue weighted by molar-refractivity contribution is 0.0601. The number of fused-ring (bicyclic) bond motifs is 1. The summed E-state index contributed by atoms with van der Waals surface area (Å²) in [4.78, 5) is 19.4. The number of nitrogens with zero attached hydrogens (tertiary/aromatic N) is 2. The lowest BCUT2D eigenvalue weighted by Crippen LogP contribution is -2.04. The van der Waals surface area contributed by atoms with E-state index in [1.54, 1.807) is 18.2 Å². The Morgan fingerprint density at radius 1 is 1.19 bits per heavy atom. The van der Waals surface area contributed by atoms with Gasteiger partial charge < -0.3 is 16.2 Å². The fraction of sp³-hybridized carbons (Fsp3) is 0.100. The summed E-state index contributed by atoms with van der Waals surface area (Å²) < 4.78 is 4.60. The number of nitrogen functional groups attached to an aromatic ring is 2. The maximum atomic E-state index is 11.3. The van der Waals surface area contributed by atoms with Crippen LogP contribution in [0.3, 0.4) is 0 Å². The molecule has 0 aliphatic carbocycles. The molecule has 0 saturated heterocycles. The number of carbonyl (C=O) groups is 1. The van der Waals surface area contributed by atoms with Gasteiger partial charge in [-0.05, 0) is 18.2 Å². The number of nitrogens with two attached hydrogens (primary N) is 2. The van der Waals surface area contributed by atoms with E-state index in [9.17, 15) is 4.79 Å². The van der Waals surface area contributed by atoms with Gasteiger partial charge in [-0.25, -0.2) is 14.8 Å². The average Bonchev–Trinajstić information content (AvgIpc) is 2.29. The minimum Gasteiger partial charge on any atom is -0.465 e. The summed E-state index contributed by atoms with van der Waals surface area (Å²) in [5.74, 6) is -0.105. The predicted octanol–water partition coefficient (Wildman–Crippen LogP) is 0.581. The highest BCUT2D eigenvalue weighted by molar-refractivity contribution is 5.93. The number of anilines is 2. The number of benzene rings is 1. The standard InChI is InChI=1S/C10H10N4O2/c1-16-10(15)5-2-3-6-7(4-5)14-9(12)8(11)13-6/h2-4H,1H3,(H2,11,13)(H2,12,14). The molecule has 6 nitrogen and oxygen atoms in total. The third kappa shape index (κ3) is 1.60.